The van der Waals surface area contributed by atoms with E-state index < -0.39 is 12.2 Å². The molecule has 0 saturated carbocycles. The van der Waals surface area contributed by atoms with Crippen molar-refractivity contribution in [3.63, 3.8) is 0 Å². The van der Waals surface area contributed by atoms with Crippen molar-refractivity contribution >= 4 is 0 Å². The molecule has 0 saturated heterocycles. The number of hydrogen-bond acceptors (Lipinski definition) is 4. The molecule has 0 fully saturated rings. The summed E-state index contributed by atoms with van der Waals surface area (Å²) in [4.78, 5) is 0. The number of ether oxygens (including phenoxy) is 2. The highest BCUT2D eigenvalue weighted by Crippen LogP contribution is 2.32. The van der Waals surface area contributed by atoms with Crippen LogP contribution < -0.4 is 0 Å². The maximum absolute atomic E-state index is 10.4. The van der Waals surface area contributed by atoms with Gasteiger partial charge in [0.25, 0.3) is 0 Å². The Labute approximate surface area is 214 Å². The zero-order valence-corrected chi connectivity index (χ0v) is 21.0. The van der Waals surface area contributed by atoms with Gasteiger partial charge in [0.05, 0.1) is 0 Å². The van der Waals surface area contributed by atoms with Crippen molar-refractivity contribution in [3.05, 3.63) is 144 Å². The van der Waals surface area contributed by atoms with Gasteiger partial charge in [0.2, 0.25) is 0 Å². The average molecular weight is 485 g/mol. The fourth-order valence-electron chi connectivity index (χ4n) is 4.03. The molecule has 0 spiro atoms. The SMILES string of the molecule is CCO[C@@H](c1ccccc1)[C@H](O)c1ccccc1.CCO[C@H](c1ccccc1)[C@@H](O)c1ccccc1. The smallest absolute Gasteiger partial charge is 0.112 e. The van der Waals surface area contributed by atoms with Gasteiger partial charge >= 0.3 is 0 Å². The quantitative estimate of drug-likeness (QED) is 0.255. The van der Waals surface area contributed by atoms with Gasteiger partial charge in [-0.3, -0.25) is 0 Å². The van der Waals surface area contributed by atoms with E-state index >= 15 is 0 Å². The summed E-state index contributed by atoms with van der Waals surface area (Å²) in [6.45, 7) is 5.02. The predicted octanol–water partition coefficient (Wildman–Crippen LogP) is 7.00. The van der Waals surface area contributed by atoms with E-state index in [-0.39, 0.29) is 12.2 Å². The van der Waals surface area contributed by atoms with Gasteiger partial charge in [-0.1, -0.05) is 121 Å². The number of aliphatic hydroxyl groups excluding tert-OH is 2. The van der Waals surface area contributed by atoms with Gasteiger partial charge in [0, 0.05) is 13.2 Å². The Morgan fingerprint density at radius 3 is 0.944 bits per heavy atom. The molecule has 4 heteroatoms. The van der Waals surface area contributed by atoms with Crippen molar-refractivity contribution in [2.45, 2.75) is 38.3 Å². The highest BCUT2D eigenvalue weighted by molar-refractivity contribution is 5.26. The van der Waals surface area contributed by atoms with Crippen LogP contribution in [0.1, 0.15) is 60.5 Å². The molecule has 36 heavy (non-hydrogen) atoms. The first-order chi connectivity index (χ1) is 17.7. The van der Waals surface area contributed by atoms with Crippen molar-refractivity contribution in [2.24, 2.45) is 0 Å². The molecular weight excluding hydrogens is 448 g/mol. The summed E-state index contributed by atoms with van der Waals surface area (Å²) in [5.41, 5.74) is 3.74. The van der Waals surface area contributed by atoms with E-state index in [2.05, 4.69) is 0 Å². The lowest BCUT2D eigenvalue weighted by Crippen LogP contribution is -2.14. The first kappa shape index (κ1) is 27.3. The van der Waals surface area contributed by atoms with Crippen LogP contribution in [0.2, 0.25) is 0 Å². The third-order valence-corrected chi connectivity index (χ3v) is 5.80. The standard InChI is InChI=1S/2C16H18O2/c2*1-2-18-16(14-11-7-4-8-12-14)15(17)13-9-5-3-6-10-13/h2*3-12,15-17H,2H2,1H3/t2*15-,16+/m10/s1. The van der Waals surface area contributed by atoms with Gasteiger partial charge in [0.1, 0.15) is 24.4 Å². The minimum Gasteiger partial charge on any atom is -0.385 e. The first-order valence-corrected chi connectivity index (χ1v) is 12.4. The molecule has 4 atom stereocenters. The predicted molar refractivity (Wildman–Crippen MR) is 144 cm³/mol. The molecule has 0 aliphatic rings. The van der Waals surface area contributed by atoms with Crippen LogP contribution in [0.15, 0.2) is 121 Å². The van der Waals surface area contributed by atoms with E-state index in [4.69, 9.17) is 9.47 Å². The summed E-state index contributed by atoms with van der Waals surface area (Å²) >= 11 is 0. The Morgan fingerprint density at radius 1 is 0.444 bits per heavy atom. The van der Waals surface area contributed by atoms with E-state index in [1.807, 2.05) is 135 Å². The molecule has 4 rings (SSSR count). The fraction of sp³-hybridized carbons (Fsp3) is 0.250. The van der Waals surface area contributed by atoms with Crippen molar-refractivity contribution in [1.82, 2.24) is 0 Å². The second-order valence-corrected chi connectivity index (χ2v) is 8.28. The van der Waals surface area contributed by atoms with E-state index in [0.717, 1.165) is 22.3 Å². The van der Waals surface area contributed by atoms with Crippen LogP contribution in [-0.4, -0.2) is 23.4 Å². The largest absolute Gasteiger partial charge is 0.385 e. The zero-order valence-electron chi connectivity index (χ0n) is 21.0. The molecule has 4 aromatic carbocycles. The second-order valence-electron chi connectivity index (χ2n) is 8.28. The lowest BCUT2D eigenvalue weighted by atomic mass is 9.98. The van der Waals surface area contributed by atoms with Crippen LogP contribution in [0.25, 0.3) is 0 Å². The zero-order chi connectivity index (χ0) is 25.6. The molecule has 0 bridgehead atoms. The summed E-state index contributed by atoms with van der Waals surface area (Å²) in [6, 6.07) is 38.9. The van der Waals surface area contributed by atoms with Gasteiger partial charge in [-0.05, 0) is 36.1 Å². The van der Waals surface area contributed by atoms with Gasteiger partial charge in [-0.25, -0.2) is 0 Å². The summed E-state index contributed by atoms with van der Waals surface area (Å²) in [5.74, 6) is 0. The molecule has 188 valence electrons. The topological polar surface area (TPSA) is 58.9 Å². The lowest BCUT2D eigenvalue weighted by Gasteiger charge is -2.23. The van der Waals surface area contributed by atoms with Crippen LogP contribution >= 0.6 is 0 Å². The Bertz CT molecular complexity index is 997. The van der Waals surface area contributed by atoms with Crippen LogP contribution in [0, 0.1) is 0 Å². The Kier molecular flexibility index (Phi) is 11.4. The number of benzene rings is 4. The van der Waals surface area contributed by atoms with Crippen molar-refractivity contribution in [2.75, 3.05) is 13.2 Å². The molecule has 0 unspecified atom stereocenters. The third kappa shape index (κ3) is 7.87. The van der Waals surface area contributed by atoms with E-state index in [1.54, 1.807) is 0 Å². The Hall–Kier alpha value is -3.28. The monoisotopic (exact) mass is 484 g/mol. The first-order valence-electron chi connectivity index (χ1n) is 12.4. The molecule has 0 radical (unpaired) electrons. The minimum absolute atomic E-state index is 0.321. The van der Waals surface area contributed by atoms with Gasteiger partial charge in [-0.15, -0.1) is 0 Å². The normalized spacial score (nSPS) is 14.1. The minimum atomic E-state index is -0.645. The van der Waals surface area contributed by atoms with E-state index in [9.17, 15) is 10.2 Å². The molecule has 4 aromatic rings. The van der Waals surface area contributed by atoms with Crippen LogP contribution in [-0.2, 0) is 9.47 Å². The van der Waals surface area contributed by atoms with E-state index in [1.165, 1.54) is 0 Å². The Morgan fingerprint density at radius 2 is 0.694 bits per heavy atom. The van der Waals surface area contributed by atoms with Crippen LogP contribution in [0.4, 0.5) is 0 Å². The molecule has 0 aliphatic heterocycles. The van der Waals surface area contributed by atoms with Crippen molar-refractivity contribution in [3.8, 4) is 0 Å². The summed E-state index contributed by atoms with van der Waals surface area (Å²) in [6.07, 6.45) is -1.93. The number of rotatable bonds is 10. The van der Waals surface area contributed by atoms with Crippen LogP contribution in [0.5, 0.6) is 0 Å². The maximum Gasteiger partial charge on any atom is 0.112 e. The third-order valence-electron chi connectivity index (χ3n) is 5.80. The number of aliphatic hydroxyl groups is 2. The molecule has 0 amide bonds. The number of hydrogen-bond donors (Lipinski definition) is 2. The molecule has 0 aromatic heterocycles. The summed E-state index contributed by atoms with van der Waals surface area (Å²) < 4.78 is 11.4. The molecule has 2 N–H and O–H groups in total. The average Bonchev–Trinajstić information content (AvgIpc) is 2.96. The highest BCUT2D eigenvalue weighted by atomic mass is 16.5. The van der Waals surface area contributed by atoms with Gasteiger partial charge in [0.15, 0.2) is 0 Å². The maximum atomic E-state index is 10.4. The second kappa shape index (κ2) is 15.0. The van der Waals surface area contributed by atoms with Gasteiger partial charge < -0.3 is 19.7 Å². The van der Waals surface area contributed by atoms with Crippen LogP contribution in [0.3, 0.4) is 0 Å². The van der Waals surface area contributed by atoms with E-state index in [0.29, 0.717) is 13.2 Å². The van der Waals surface area contributed by atoms with Gasteiger partial charge in [-0.2, -0.15) is 0 Å². The van der Waals surface area contributed by atoms with Crippen molar-refractivity contribution in [1.29, 1.82) is 0 Å². The summed E-state index contributed by atoms with van der Waals surface area (Å²) in [7, 11) is 0. The Balaban J connectivity index is 0.000000201. The molecule has 0 aliphatic carbocycles. The molecule has 0 heterocycles. The molecular formula is C32H36O4. The highest BCUT2D eigenvalue weighted by Gasteiger charge is 2.23. The summed E-state index contributed by atoms with van der Waals surface area (Å²) in [5, 5.41) is 20.9. The molecule has 4 nitrogen and oxygen atoms in total. The lowest BCUT2D eigenvalue weighted by molar-refractivity contribution is -0.0361. The van der Waals surface area contributed by atoms with Crippen molar-refractivity contribution < 1.29 is 19.7 Å². The fourth-order valence-corrected chi connectivity index (χ4v) is 4.03.